The van der Waals surface area contributed by atoms with Crippen LogP contribution in [0.5, 0.6) is 0 Å². The van der Waals surface area contributed by atoms with Gasteiger partial charge in [0.2, 0.25) is 0 Å². The van der Waals surface area contributed by atoms with Gasteiger partial charge in [0.05, 0.1) is 16.8 Å². The fraction of sp³-hybridized carbons (Fsp3) is 0.176. The van der Waals surface area contributed by atoms with Crippen molar-refractivity contribution in [2.24, 2.45) is 0 Å². The summed E-state index contributed by atoms with van der Waals surface area (Å²) in [6.07, 6.45) is 3.36. The van der Waals surface area contributed by atoms with E-state index in [1.807, 2.05) is 38.1 Å². The number of pyridine rings is 1. The van der Waals surface area contributed by atoms with E-state index < -0.39 is 0 Å². The number of halogens is 1. The van der Waals surface area contributed by atoms with Crippen molar-refractivity contribution in [3.8, 4) is 0 Å². The van der Waals surface area contributed by atoms with E-state index in [0.29, 0.717) is 5.56 Å². The lowest BCUT2D eigenvalue weighted by Gasteiger charge is -2.15. The third kappa shape index (κ3) is 2.90. The molecule has 1 aromatic carbocycles. The monoisotopic (exact) mass is 358 g/mol. The molecule has 3 rings (SSSR count). The molecule has 22 heavy (non-hydrogen) atoms. The second-order valence-corrected chi connectivity index (χ2v) is 6.08. The molecule has 4 nitrogen and oxygen atoms in total. The van der Waals surface area contributed by atoms with Crippen molar-refractivity contribution in [3.05, 3.63) is 64.1 Å². The van der Waals surface area contributed by atoms with E-state index in [0.717, 1.165) is 26.7 Å². The summed E-state index contributed by atoms with van der Waals surface area (Å²) in [5.41, 5.74) is 3.30. The van der Waals surface area contributed by atoms with Gasteiger partial charge in [0.25, 0.3) is 5.91 Å². The summed E-state index contributed by atoms with van der Waals surface area (Å²) < 4.78 is 6.13. The van der Waals surface area contributed by atoms with Crippen LogP contribution in [0.2, 0.25) is 0 Å². The summed E-state index contributed by atoms with van der Waals surface area (Å²) in [4.78, 5) is 16.6. The van der Waals surface area contributed by atoms with E-state index >= 15 is 0 Å². The molecule has 112 valence electrons. The van der Waals surface area contributed by atoms with Crippen molar-refractivity contribution < 1.29 is 9.21 Å². The highest BCUT2D eigenvalue weighted by Crippen LogP contribution is 2.27. The van der Waals surface area contributed by atoms with Gasteiger partial charge in [-0.2, -0.15) is 0 Å². The highest BCUT2D eigenvalue weighted by atomic mass is 79.9. The molecule has 2 heterocycles. The van der Waals surface area contributed by atoms with Crippen molar-refractivity contribution in [1.82, 2.24) is 10.3 Å². The first-order valence-corrected chi connectivity index (χ1v) is 7.74. The minimum Gasteiger partial charge on any atom is -0.463 e. The molecule has 0 aliphatic heterocycles. The summed E-state index contributed by atoms with van der Waals surface area (Å²) in [5.74, 6) is -0.120. The van der Waals surface area contributed by atoms with Crippen LogP contribution in [0.4, 0.5) is 0 Å². The van der Waals surface area contributed by atoms with Crippen molar-refractivity contribution in [3.63, 3.8) is 0 Å². The van der Waals surface area contributed by atoms with Crippen molar-refractivity contribution in [1.29, 1.82) is 0 Å². The Morgan fingerprint density at radius 1 is 1.32 bits per heavy atom. The molecular weight excluding hydrogens is 344 g/mol. The second-order valence-electron chi connectivity index (χ2n) is 5.22. The van der Waals surface area contributed by atoms with Crippen LogP contribution >= 0.6 is 15.9 Å². The van der Waals surface area contributed by atoms with Crippen LogP contribution in [0.3, 0.4) is 0 Å². The Morgan fingerprint density at radius 2 is 2.14 bits per heavy atom. The van der Waals surface area contributed by atoms with Gasteiger partial charge < -0.3 is 9.73 Å². The van der Waals surface area contributed by atoms with Crippen LogP contribution in [-0.4, -0.2) is 10.9 Å². The number of hydrogen-bond acceptors (Lipinski definition) is 3. The number of hydrogen-bond donors (Lipinski definition) is 1. The van der Waals surface area contributed by atoms with Gasteiger partial charge in [-0.3, -0.25) is 9.78 Å². The molecule has 1 N–H and O–H groups in total. The molecule has 1 unspecified atom stereocenters. The van der Waals surface area contributed by atoms with Crippen molar-refractivity contribution >= 4 is 32.8 Å². The van der Waals surface area contributed by atoms with Crippen LogP contribution in [0.1, 0.15) is 34.6 Å². The van der Waals surface area contributed by atoms with Gasteiger partial charge in [-0.15, -0.1) is 0 Å². The number of benzene rings is 1. The standard InChI is InChI=1S/C17H15BrN2O2/c1-10-7-12(3-5-19-10)11(2)20-17(21)14-8-13-4-6-22-16(13)15(18)9-14/h3-9,11H,1-2H3,(H,20,21). The van der Waals surface area contributed by atoms with E-state index in [4.69, 9.17) is 4.42 Å². The second kappa shape index (κ2) is 5.93. The van der Waals surface area contributed by atoms with Crippen LogP contribution in [0.25, 0.3) is 11.0 Å². The first kappa shape index (κ1) is 14.8. The minimum atomic E-state index is -0.120. The highest BCUT2D eigenvalue weighted by Gasteiger charge is 2.14. The summed E-state index contributed by atoms with van der Waals surface area (Å²) >= 11 is 3.43. The fourth-order valence-corrected chi connectivity index (χ4v) is 2.94. The summed E-state index contributed by atoms with van der Waals surface area (Å²) in [5, 5.41) is 3.90. The summed E-state index contributed by atoms with van der Waals surface area (Å²) in [6.45, 7) is 3.89. The van der Waals surface area contributed by atoms with Crippen molar-refractivity contribution in [2.45, 2.75) is 19.9 Å². The molecule has 0 radical (unpaired) electrons. The van der Waals surface area contributed by atoms with Crippen LogP contribution in [0.15, 0.2) is 51.7 Å². The number of aryl methyl sites for hydroxylation is 1. The first-order valence-electron chi connectivity index (χ1n) is 6.95. The maximum absolute atomic E-state index is 12.5. The zero-order valence-corrected chi connectivity index (χ0v) is 13.8. The zero-order chi connectivity index (χ0) is 15.7. The Kier molecular flexibility index (Phi) is 3.98. The lowest BCUT2D eigenvalue weighted by atomic mass is 10.1. The molecule has 0 fully saturated rings. The molecule has 5 heteroatoms. The van der Waals surface area contributed by atoms with Gasteiger partial charge in [0.15, 0.2) is 0 Å². The van der Waals surface area contributed by atoms with Crippen LogP contribution < -0.4 is 5.32 Å². The summed E-state index contributed by atoms with van der Waals surface area (Å²) in [7, 11) is 0. The Hall–Kier alpha value is -2.14. The first-order chi connectivity index (χ1) is 10.5. The van der Waals surface area contributed by atoms with Gasteiger partial charge >= 0.3 is 0 Å². The topological polar surface area (TPSA) is 55.1 Å². The number of carbonyl (C=O) groups excluding carboxylic acids is 1. The predicted molar refractivity (Wildman–Crippen MR) is 88.8 cm³/mol. The van der Waals surface area contributed by atoms with E-state index in [1.165, 1.54) is 0 Å². The molecule has 0 saturated heterocycles. The largest absolute Gasteiger partial charge is 0.463 e. The molecule has 0 aliphatic carbocycles. The fourth-order valence-electron chi connectivity index (χ4n) is 2.37. The average Bonchev–Trinajstić information content (AvgIpc) is 2.96. The van der Waals surface area contributed by atoms with Gasteiger partial charge in [-0.25, -0.2) is 0 Å². The average molecular weight is 359 g/mol. The molecule has 3 aromatic rings. The number of fused-ring (bicyclic) bond motifs is 1. The summed E-state index contributed by atoms with van der Waals surface area (Å²) in [6, 6.07) is 9.22. The van der Waals surface area contributed by atoms with Gasteiger partial charge in [0.1, 0.15) is 5.58 Å². The minimum absolute atomic E-state index is 0.0898. The van der Waals surface area contributed by atoms with E-state index in [2.05, 4.69) is 26.2 Å². The number of rotatable bonds is 3. The molecule has 1 amide bonds. The Labute approximate surface area is 136 Å². The third-order valence-corrected chi connectivity index (χ3v) is 4.13. The number of aromatic nitrogens is 1. The molecule has 0 bridgehead atoms. The Morgan fingerprint density at radius 3 is 2.91 bits per heavy atom. The lowest BCUT2D eigenvalue weighted by Crippen LogP contribution is -2.26. The van der Waals surface area contributed by atoms with Crippen molar-refractivity contribution in [2.75, 3.05) is 0 Å². The quantitative estimate of drug-likeness (QED) is 0.755. The van der Waals surface area contributed by atoms with Gasteiger partial charge in [-0.05, 0) is 65.7 Å². The maximum Gasteiger partial charge on any atom is 0.251 e. The van der Waals surface area contributed by atoms with E-state index in [9.17, 15) is 4.79 Å². The SMILES string of the molecule is Cc1cc(C(C)NC(=O)c2cc(Br)c3occc3c2)ccn1. The molecule has 0 saturated carbocycles. The van der Waals surface area contributed by atoms with E-state index in [-0.39, 0.29) is 11.9 Å². The molecule has 2 aromatic heterocycles. The highest BCUT2D eigenvalue weighted by molar-refractivity contribution is 9.10. The molecular formula is C17H15BrN2O2. The predicted octanol–water partition coefficient (Wildman–Crippen LogP) is 4.39. The molecule has 1 atom stereocenters. The Balaban J connectivity index is 1.83. The lowest BCUT2D eigenvalue weighted by molar-refractivity contribution is 0.0940. The van der Waals surface area contributed by atoms with Crippen LogP contribution in [-0.2, 0) is 0 Å². The van der Waals surface area contributed by atoms with Gasteiger partial charge in [-0.1, -0.05) is 0 Å². The number of amides is 1. The smallest absolute Gasteiger partial charge is 0.251 e. The normalized spacial score (nSPS) is 12.3. The third-order valence-electron chi connectivity index (χ3n) is 3.54. The number of carbonyl (C=O) groups is 1. The van der Waals surface area contributed by atoms with Crippen LogP contribution in [0, 0.1) is 6.92 Å². The number of nitrogens with one attached hydrogen (secondary N) is 1. The number of furan rings is 1. The molecule has 0 spiro atoms. The van der Waals surface area contributed by atoms with E-state index in [1.54, 1.807) is 18.5 Å². The Bertz CT molecular complexity index is 842. The van der Waals surface area contributed by atoms with Gasteiger partial charge in [0, 0.05) is 22.8 Å². The maximum atomic E-state index is 12.5. The zero-order valence-electron chi connectivity index (χ0n) is 12.3. The molecule has 0 aliphatic rings. The number of nitrogens with zero attached hydrogens (tertiary/aromatic N) is 1.